The second kappa shape index (κ2) is 7.59. The fraction of sp³-hybridized carbons (Fsp3) is 0.692. The van der Waals surface area contributed by atoms with E-state index in [9.17, 15) is 0 Å². The van der Waals surface area contributed by atoms with Gasteiger partial charge in [0.1, 0.15) is 11.6 Å². The van der Waals surface area contributed by atoms with E-state index in [-0.39, 0.29) is 0 Å². The second-order valence-electron chi connectivity index (χ2n) is 4.49. The van der Waals surface area contributed by atoms with Crippen molar-refractivity contribution >= 4 is 17.6 Å². The van der Waals surface area contributed by atoms with E-state index in [1.807, 2.05) is 31.8 Å². The van der Waals surface area contributed by atoms with Gasteiger partial charge < -0.3 is 5.32 Å². The normalized spacial score (nSPS) is 12.8. The monoisotopic (exact) mass is 268 g/mol. The summed E-state index contributed by atoms with van der Waals surface area (Å²) in [6.07, 6.45) is 3.31. The van der Waals surface area contributed by atoms with E-state index in [1.165, 1.54) is 0 Å². The molecule has 1 rings (SSSR count). The van der Waals surface area contributed by atoms with E-state index in [1.54, 1.807) is 0 Å². The van der Waals surface area contributed by atoms with E-state index >= 15 is 0 Å². The lowest BCUT2D eigenvalue weighted by molar-refractivity contribution is 0.242. The van der Waals surface area contributed by atoms with Crippen LogP contribution in [0.2, 0.25) is 0 Å². The van der Waals surface area contributed by atoms with Crippen LogP contribution in [0.25, 0.3) is 0 Å². The summed E-state index contributed by atoms with van der Waals surface area (Å²) in [4.78, 5) is 11.3. The molecular weight excluding hydrogens is 244 g/mol. The van der Waals surface area contributed by atoms with Crippen molar-refractivity contribution in [1.29, 1.82) is 0 Å². The molecule has 0 radical (unpaired) electrons. The molecule has 1 aromatic rings. The van der Waals surface area contributed by atoms with Crippen molar-refractivity contribution in [3.8, 4) is 0 Å². The van der Waals surface area contributed by atoms with E-state index < -0.39 is 0 Å². The summed E-state index contributed by atoms with van der Waals surface area (Å²) >= 11 is 1.89. The number of hydrogen-bond acceptors (Lipinski definition) is 5. The van der Waals surface area contributed by atoms with E-state index in [0.717, 1.165) is 36.1 Å². The van der Waals surface area contributed by atoms with Crippen LogP contribution in [0, 0.1) is 6.92 Å². The Labute approximate surface area is 115 Å². The van der Waals surface area contributed by atoms with Crippen LogP contribution >= 0.6 is 11.8 Å². The second-order valence-corrected chi connectivity index (χ2v) is 5.40. The fourth-order valence-corrected chi connectivity index (χ4v) is 2.81. The van der Waals surface area contributed by atoms with Crippen LogP contribution in [-0.4, -0.2) is 47.0 Å². The van der Waals surface area contributed by atoms with Crippen LogP contribution in [0.3, 0.4) is 0 Å². The Morgan fingerprint density at radius 3 is 2.72 bits per heavy atom. The Hall–Kier alpha value is -0.810. The summed E-state index contributed by atoms with van der Waals surface area (Å²) in [5.74, 6) is 2.93. The molecule has 0 saturated carbocycles. The lowest BCUT2D eigenvalue weighted by Crippen LogP contribution is -2.33. The average Bonchev–Trinajstić information content (AvgIpc) is 2.34. The Morgan fingerprint density at radius 2 is 2.17 bits per heavy atom. The molecule has 1 atom stereocenters. The quantitative estimate of drug-likeness (QED) is 0.822. The maximum atomic E-state index is 4.50. The van der Waals surface area contributed by atoms with Gasteiger partial charge in [0.2, 0.25) is 0 Å². The molecule has 1 unspecified atom stereocenters. The van der Waals surface area contributed by atoms with Crippen molar-refractivity contribution in [2.75, 3.05) is 31.4 Å². The number of rotatable bonds is 7. The van der Waals surface area contributed by atoms with Crippen molar-refractivity contribution in [1.82, 2.24) is 14.9 Å². The van der Waals surface area contributed by atoms with Crippen LogP contribution in [0.4, 0.5) is 5.82 Å². The number of nitrogens with zero attached hydrogens (tertiary/aromatic N) is 3. The van der Waals surface area contributed by atoms with Crippen LogP contribution in [0.5, 0.6) is 0 Å². The minimum Gasteiger partial charge on any atom is -0.373 e. The van der Waals surface area contributed by atoms with Gasteiger partial charge in [-0.3, -0.25) is 4.90 Å². The van der Waals surface area contributed by atoms with Gasteiger partial charge in [-0.2, -0.15) is 11.8 Å². The molecule has 102 valence electrons. The maximum Gasteiger partial charge on any atom is 0.144 e. The standard InChI is InChI=1S/C13H24N4S/c1-6-11(9-18-5)17(4)8-13-15-10(2)7-12(14-3)16-13/h7,11H,6,8-9H2,1-5H3,(H,14,15,16). The molecule has 0 aliphatic heterocycles. The smallest absolute Gasteiger partial charge is 0.144 e. The summed E-state index contributed by atoms with van der Waals surface area (Å²) in [6, 6.07) is 2.55. The molecule has 0 fully saturated rings. The molecule has 1 aromatic heterocycles. The molecule has 18 heavy (non-hydrogen) atoms. The largest absolute Gasteiger partial charge is 0.373 e. The fourth-order valence-electron chi connectivity index (χ4n) is 1.93. The summed E-state index contributed by atoms with van der Waals surface area (Å²) in [6.45, 7) is 5.04. The first-order valence-electron chi connectivity index (χ1n) is 6.32. The highest BCUT2D eigenvalue weighted by Crippen LogP contribution is 2.12. The number of nitrogens with one attached hydrogen (secondary N) is 1. The highest BCUT2D eigenvalue weighted by atomic mass is 32.2. The van der Waals surface area contributed by atoms with Gasteiger partial charge in [0, 0.05) is 30.6 Å². The third-order valence-electron chi connectivity index (χ3n) is 3.00. The number of hydrogen-bond donors (Lipinski definition) is 1. The third-order valence-corrected chi connectivity index (χ3v) is 3.72. The Morgan fingerprint density at radius 1 is 1.44 bits per heavy atom. The number of aromatic nitrogens is 2. The summed E-state index contributed by atoms with van der Waals surface area (Å²) in [5, 5.41) is 3.08. The minimum absolute atomic E-state index is 0.585. The summed E-state index contributed by atoms with van der Waals surface area (Å²) in [5.41, 5.74) is 1.01. The van der Waals surface area contributed by atoms with Gasteiger partial charge >= 0.3 is 0 Å². The molecular formula is C13H24N4S. The highest BCUT2D eigenvalue weighted by molar-refractivity contribution is 7.98. The first-order valence-corrected chi connectivity index (χ1v) is 7.71. The molecule has 0 aliphatic rings. The molecule has 4 nitrogen and oxygen atoms in total. The first-order chi connectivity index (χ1) is 8.60. The van der Waals surface area contributed by atoms with Crippen molar-refractivity contribution in [2.45, 2.75) is 32.9 Å². The van der Waals surface area contributed by atoms with Gasteiger partial charge in [-0.1, -0.05) is 6.92 Å². The van der Waals surface area contributed by atoms with Gasteiger partial charge in [-0.15, -0.1) is 0 Å². The van der Waals surface area contributed by atoms with E-state index in [2.05, 4.69) is 40.4 Å². The zero-order valence-electron chi connectivity index (χ0n) is 12.0. The SMILES string of the molecule is CCC(CSC)N(C)Cc1nc(C)cc(NC)n1. The van der Waals surface area contributed by atoms with Gasteiger partial charge in [-0.25, -0.2) is 9.97 Å². The summed E-state index contributed by atoms with van der Waals surface area (Å²) in [7, 11) is 4.03. The van der Waals surface area contributed by atoms with E-state index in [0.29, 0.717) is 6.04 Å². The van der Waals surface area contributed by atoms with Crippen LogP contribution in [0.1, 0.15) is 24.9 Å². The predicted molar refractivity (Wildman–Crippen MR) is 80.2 cm³/mol. The van der Waals surface area contributed by atoms with Gasteiger partial charge in [-0.05, 0) is 26.6 Å². The Bertz CT molecular complexity index is 370. The van der Waals surface area contributed by atoms with Gasteiger partial charge in [0.05, 0.1) is 6.54 Å². The topological polar surface area (TPSA) is 41.1 Å². The number of anilines is 1. The summed E-state index contributed by atoms with van der Waals surface area (Å²) < 4.78 is 0. The van der Waals surface area contributed by atoms with E-state index in [4.69, 9.17) is 0 Å². The van der Waals surface area contributed by atoms with Crippen molar-refractivity contribution < 1.29 is 0 Å². The lowest BCUT2D eigenvalue weighted by atomic mass is 10.2. The molecule has 0 spiro atoms. The zero-order chi connectivity index (χ0) is 13.5. The number of aryl methyl sites for hydroxylation is 1. The van der Waals surface area contributed by atoms with Gasteiger partial charge in [0.25, 0.3) is 0 Å². The molecule has 5 heteroatoms. The first kappa shape index (κ1) is 15.2. The highest BCUT2D eigenvalue weighted by Gasteiger charge is 2.14. The molecule has 0 bridgehead atoms. The van der Waals surface area contributed by atoms with Crippen LogP contribution < -0.4 is 5.32 Å². The Balaban J connectivity index is 2.73. The molecule has 1 N–H and O–H groups in total. The van der Waals surface area contributed by atoms with Gasteiger partial charge in [0.15, 0.2) is 0 Å². The molecule has 0 amide bonds. The molecule has 0 aliphatic carbocycles. The minimum atomic E-state index is 0.585. The predicted octanol–water partition coefficient (Wildman–Crippen LogP) is 2.40. The van der Waals surface area contributed by atoms with Crippen LogP contribution in [0.15, 0.2) is 6.07 Å². The Kier molecular flexibility index (Phi) is 6.43. The van der Waals surface area contributed by atoms with Crippen molar-refractivity contribution in [2.24, 2.45) is 0 Å². The molecule has 0 saturated heterocycles. The van der Waals surface area contributed by atoms with Crippen LogP contribution in [-0.2, 0) is 6.54 Å². The molecule has 0 aromatic carbocycles. The lowest BCUT2D eigenvalue weighted by Gasteiger charge is -2.25. The maximum absolute atomic E-state index is 4.50. The van der Waals surface area contributed by atoms with Crippen molar-refractivity contribution in [3.05, 3.63) is 17.6 Å². The number of thioether (sulfide) groups is 1. The zero-order valence-corrected chi connectivity index (χ0v) is 12.8. The molecule has 1 heterocycles. The average molecular weight is 268 g/mol. The third kappa shape index (κ3) is 4.46. The van der Waals surface area contributed by atoms with Crippen molar-refractivity contribution in [3.63, 3.8) is 0 Å².